The summed E-state index contributed by atoms with van der Waals surface area (Å²) in [6.45, 7) is 2.10. The first-order chi connectivity index (χ1) is 6.70. The van der Waals surface area contributed by atoms with Gasteiger partial charge in [0, 0.05) is 24.5 Å². The van der Waals surface area contributed by atoms with Gasteiger partial charge in [-0.2, -0.15) is 0 Å². The predicted molar refractivity (Wildman–Crippen MR) is 61.6 cm³/mol. The molecule has 76 valence electrons. The minimum absolute atomic E-state index is 0.732. The van der Waals surface area contributed by atoms with E-state index in [9.17, 15) is 0 Å². The highest BCUT2D eigenvalue weighted by Gasteiger charge is 2.23. The molecule has 0 aromatic heterocycles. The summed E-state index contributed by atoms with van der Waals surface area (Å²) in [7, 11) is 2.17. The number of anilines is 2. The standard InChI is InChI=1S/C12H18N2/c1-9-11(13)7-4-8-12(9)14(2)10-5-3-6-10/h4,7-8,10H,3,5-6,13H2,1-2H3. The molecule has 0 atom stereocenters. The second-order valence-electron chi connectivity index (χ2n) is 4.19. The predicted octanol–water partition coefficient (Wildman–Crippen LogP) is 2.57. The molecule has 0 aliphatic heterocycles. The molecule has 14 heavy (non-hydrogen) atoms. The number of hydrogen-bond donors (Lipinski definition) is 1. The molecule has 1 fully saturated rings. The van der Waals surface area contributed by atoms with Crippen molar-refractivity contribution in [2.24, 2.45) is 0 Å². The molecule has 1 aliphatic carbocycles. The zero-order valence-corrected chi connectivity index (χ0v) is 8.96. The maximum atomic E-state index is 5.89. The third-order valence-electron chi connectivity index (χ3n) is 3.35. The summed E-state index contributed by atoms with van der Waals surface area (Å²) in [5.41, 5.74) is 9.29. The molecule has 2 nitrogen and oxygen atoms in total. The van der Waals surface area contributed by atoms with E-state index >= 15 is 0 Å². The van der Waals surface area contributed by atoms with Gasteiger partial charge in [0.2, 0.25) is 0 Å². The van der Waals surface area contributed by atoms with Crippen molar-refractivity contribution in [1.29, 1.82) is 0 Å². The monoisotopic (exact) mass is 190 g/mol. The van der Waals surface area contributed by atoms with E-state index in [0.717, 1.165) is 11.7 Å². The lowest BCUT2D eigenvalue weighted by molar-refractivity contribution is 0.401. The van der Waals surface area contributed by atoms with Crippen LogP contribution in [0.4, 0.5) is 11.4 Å². The second-order valence-corrected chi connectivity index (χ2v) is 4.19. The highest BCUT2D eigenvalue weighted by atomic mass is 15.1. The summed E-state index contributed by atoms with van der Waals surface area (Å²) in [6, 6.07) is 6.89. The molecule has 0 heterocycles. The largest absolute Gasteiger partial charge is 0.398 e. The van der Waals surface area contributed by atoms with Crippen LogP contribution in [0.15, 0.2) is 18.2 Å². The smallest absolute Gasteiger partial charge is 0.0416 e. The molecular weight excluding hydrogens is 172 g/mol. The molecule has 0 bridgehead atoms. The lowest BCUT2D eigenvalue weighted by atomic mass is 9.91. The maximum Gasteiger partial charge on any atom is 0.0416 e. The van der Waals surface area contributed by atoms with Crippen LogP contribution in [-0.4, -0.2) is 13.1 Å². The molecule has 1 aromatic carbocycles. The van der Waals surface area contributed by atoms with Crippen LogP contribution in [0.1, 0.15) is 24.8 Å². The summed E-state index contributed by atoms with van der Waals surface area (Å²) in [5.74, 6) is 0. The molecule has 2 rings (SSSR count). The van der Waals surface area contributed by atoms with E-state index < -0.39 is 0 Å². The Labute approximate surface area is 85.7 Å². The molecule has 0 spiro atoms. The third-order valence-corrected chi connectivity index (χ3v) is 3.35. The average molecular weight is 190 g/mol. The first-order valence-corrected chi connectivity index (χ1v) is 5.28. The summed E-state index contributed by atoms with van der Waals surface area (Å²) in [4.78, 5) is 2.37. The van der Waals surface area contributed by atoms with Crippen LogP contribution < -0.4 is 10.6 Å². The normalized spacial score (nSPS) is 16.4. The summed E-state index contributed by atoms with van der Waals surface area (Å²) < 4.78 is 0. The van der Waals surface area contributed by atoms with Crippen molar-refractivity contribution in [2.75, 3.05) is 17.7 Å². The minimum Gasteiger partial charge on any atom is -0.398 e. The van der Waals surface area contributed by atoms with Crippen LogP contribution in [-0.2, 0) is 0 Å². The van der Waals surface area contributed by atoms with Crippen molar-refractivity contribution >= 4 is 11.4 Å². The van der Waals surface area contributed by atoms with Gasteiger partial charge in [-0.05, 0) is 43.9 Å². The lowest BCUT2D eigenvalue weighted by Crippen LogP contribution is -2.37. The SMILES string of the molecule is Cc1c(N)cccc1N(C)C1CCC1. The topological polar surface area (TPSA) is 29.3 Å². The van der Waals surface area contributed by atoms with Crippen molar-refractivity contribution in [3.8, 4) is 0 Å². The summed E-state index contributed by atoms with van der Waals surface area (Å²) in [6.07, 6.45) is 4.02. The van der Waals surface area contributed by atoms with E-state index in [4.69, 9.17) is 5.73 Å². The number of nitrogen functional groups attached to an aromatic ring is 1. The van der Waals surface area contributed by atoms with Gasteiger partial charge in [-0.3, -0.25) is 0 Å². The first kappa shape index (κ1) is 9.38. The van der Waals surface area contributed by atoms with Gasteiger partial charge >= 0.3 is 0 Å². The van der Waals surface area contributed by atoms with E-state index in [0.29, 0.717) is 0 Å². The van der Waals surface area contributed by atoms with Crippen LogP contribution in [0.5, 0.6) is 0 Å². The van der Waals surface area contributed by atoms with Crippen LogP contribution in [0.3, 0.4) is 0 Å². The number of rotatable bonds is 2. The maximum absolute atomic E-state index is 5.89. The van der Waals surface area contributed by atoms with Crippen LogP contribution in [0.25, 0.3) is 0 Å². The Kier molecular flexibility index (Phi) is 2.36. The van der Waals surface area contributed by atoms with Gasteiger partial charge in [0.1, 0.15) is 0 Å². The molecule has 2 heteroatoms. The average Bonchev–Trinajstić information content (AvgIpc) is 2.06. The molecule has 0 unspecified atom stereocenters. The van der Waals surface area contributed by atoms with Crippen LogP contribution in [0.2, 0.25) is 0 Å². The van der Waals surface area contributed by atoms with Gasteiger partial charge in [0.05, 0.1) is 0 Å². The molecule has 0 saturated heterocycles. The Morgan fingerprint density at radius 3 is 2.64 bits per heavy atom. The Balaban J connectivity index is 2.26. The van der Waals surface area contributed by atoms with Crippen molar-refractivity contribution < 1.29 is 0 Å². The number of nitrogens with two attached hydrogens (primary N) is 1. The third kappa shape index (κ3) is 1.45. The zero-order chi connectivity index (χ0) is 10.1. The van der Waals surface area contributed by atoms with Crippen LogP contribution >= 0.6 is 0 Å². The van der Waals surface area contributed by atoms with E-state index in [2.05, 4.69) is 24.9 Å². The van der Waals surface area contributed by atoms with Gasteiger partial charge in [-0.1, -0.05) is 6.07 Å². The molecule has 1 aliphatic rings. The molecule has 0 radical (unpaired) electrons. The Morgan fingerprint density at radius 1 is 1.36 bits per heavy atom. The Hall–Kier alpha value is -1.18. The Bertz CT molecular complexity index is 329. The number of nitrogens with zero attached hydrogens (tertiary/aromatic N) is 1. The van der Waals surface area contributed by atoms with Crippen molar-refractivity contribution in [1.82, 2.24) is 0 Å². The fourth-order valence-corrected chi connectivity index (χ4v) is 1.99. The van der Waals surface area contributed by atoms with Crippen molar-refractivity contribution in [3.63, 3.8) is 0 Å². The number of benzene rings is 1. The van der Waals surface area contributed by atoms with Gasteiger partial charge in [-0.15, -0.1) is 0 Å². The minimum atomic E-state index is 0.732. The van der Waals surface area contributed by atoms with Gasteiger partial charge < -0.3 is 10.6 Å². The zero-order valence-electron chi connectivity index (χ0n) is 8.96. The molecule has 1 saturated carbocycles. The van der Waals surface area contributed by atoms with Gasteiger partial charge in [0.25, 0.3) is 0 Å². The highest BCUT2D eigenvalue weighted by molar-refractivity contribution is 5.64. The van der Waals surface area contributed by atoms with E-state index in [-0.39, 0.29) is 0 Å². The van der Waals surface area contributed by atoms with Crippen molar-refractivity contribution in [3.05, 3.63) is 23.8 Å². The summed E-state index contributed by atoms with van der Waals surface area (Å²) >= 11 is 0. The molecule has 0 amide bonds. The second kappa shape index (κ2) is 3.52. The number of hydrogen-bond acceptors (Lipinski definition) is 2. The van der Waals surface area contributed by atoms with Crippen molar-refractivity contribution in [2.45, 2.75) is 32.2 Å². The fourth-order valence-electron chi connectivity index (χ4n) is 1.99. The van der Waals surface area contributed by atoms with Gasteiger partial charge in [0.15, 0.2) is 0 Å². The summed E-state index contributed by atoms with van der Waals surface area (Å²) in [5, 5.41) is 0. The first-order valence-electron chi connectivity index (χ1n) is 5.28. The van der Waals surface area contributed by atoms with E-state index in [1.54, 1.807) is 0 Å². The van der Waals surface area contributed by atoms with E-state index in [1.807, 2.05) is 12.1 Å². The lowest BCUT2D eigenvalue weighted by Gasteiger charge is -2.37. The highest BCUT2D eigenvalue weighted by Crippen LogP contribution is 2.31. The van der Waals surface area contributed by atoms with E-state index in [1.165, 1.54) is 30.5 Å². The van der Waals surface area contributed by atoms with Gasteiger partial charge in [-0.25, -0.2) is 0 Å². The Morgan fingerprint density at radius 2 is 2.07 bits per heavy atom. The molecular formula is C12H18N2. The molecule has 1 aromatic rings. The quantitative estimate of drug-likeness (QED) is 0.726. The van der Waals surface area contributed by atoms with Crippen LogP contribution in [0, 0.1) is 6.92 Å². The molecule has 2 N–H and O–H groups in total. The fraction of sp³-hybridized carbons (Fsp3) is 0.500.